The highest BCUT2D eigenvalue weighted by molar-refractivity contribution is 6.21. The van der Waals surface area contributed by atoms with E-state index in [1.165, 1.54) is 0 Å². The number of phenols is 1. The molecule has 32 heavy (non-hydrogen) atoms. The summed E-state index contributed by atoms with van der Waals surface area (Å²) in [5, 5.41) is 44.7. The summed E-state index contributed by atoms with van der Waals surface area (Å²) in [6.07, 6.45) is 0.435. The summed E-state index contributed by atoms with van der Waals surface area (Å²) in [6.45, 7) is 14.7. The first-order chi connectivity index (χ1) is 14.7. The van der Waals surface area contributed by atoms with Crippen LogP contribution in [0.5, 0.6) is 5.75 Å². The summed E-state index contributed by atoms with van der Waals surface area (Å²) in [4.78, 5) is 24.8. The van der Waals surface area contributed by atoms with Crippen LogP contribution in [0.3, 0.4) is 0 Å². The topological polar surface area (TPSA) is 115 Å². The van der Waals surface area contributed by atoms with E-state index in [-0.39, 0.29) is 18.6 Å². The van der Waals surface area contributed by atoms with E-state index < -0.39 is 45.1 Å². The van der Waals surface area contributed by atoms with Gasteiger partial charge in [0.25, 0.3) is 0 Å². The summed E-state index contributed by atoms with van der Waals surface area (Å²) >= 11 is 0. The lowest BCUT2D eigenvalue weighted by Gasteiger charge is -2.57. The van der Waals surface area contributed by atoms with Crippen LogP contribution in [-0.4, -0.2) is 37.6 Å². The van der Waals surface area contributed by atoms with Crippen LogP contribution in [0, 0.1) is 10.8 Å². The molecule has 0 heterocycles. The average Bonchev–Trinajstić information content (AvgIpc) is 2.63. The molecular weight excluding hydrogens is 408 g/mol. The molecule has 4 rings (SSSR count). The molecule has 0 bridgehead atoms. The summed E-state index contributed by atoms with van der Waals surface area (Å²) in [5.41, 5.74) is -1.21. The lowest BCUT2D eigenvalue weighted by molar-refractivity contribution is -0.141. The molecule has 1 aromatic rings. The zero-order valence-electron chi connectivity index (χ0n) is 18.8. The summed E-state index contributed by atoms with van der Waals surface area (Å²) in [5.74, 6) is -2.61. The van der Waals surface area contributed by atoms with E-state index in [2.05, 4.69) is 13.2 Å². The van der Waals surface area contributed by atoms with Crippen molar-refractivity contribution in [3.05, 3.63) is 64.6 Å². The highest BCUT2D eigenvalue weighted by atomic mass is 16.4. The van der Waals surface area contributed by atoms with Gasteiger partial charge in [0, 0.05) is 28.4 Å². The number of hydrogen-bond acceptors (Lipinski definition) is 6. The second kappa shape index (κ2) is 6.45. The number of Topliss-reactive ketones (excluding diaryl/α,β-unsaturated/α-hetero) is 2. The maximum absolute atomic E-state index is 12.8. The van der Waals surface area contributed by atoms with Gasteiger partial charge in [-0.15, -0.1) is 0 Å². The standard InChI is InChI=1S/C26H28O6/c1-12(2)15-7-8-17(28)19-13(3)21-23(31)26(32)22(30)20(14(4)27)18(29)10-25(26,6)11-24(21,5)9-16(15)19/h7-8,28,30-32H,1,3,9-11H2,2,4-6H3/t24-,25+,26+/m1/s1. The van der Waals surface area contributed by atoms with Gasteiger partial charge in [0.05, 0.1) is 0 Å². The number of carbonyl (C=O) groups is 2. The maximum Gasteiger partial charge on any atom is 0.185 e. The third-order valence-electron chi connectivity index (χ3n) is 7.52. The number of rotatable bonds is 2. The maximum atomic E-state index is 12.8. The lowest BCUT2D eigenvalue weighted by Crippen LogP contribution is -2.60. The molecule has 3 atom stereocenters. The molecule has 0 fully saturated rings. The Labute approximate surface area is 186 Å². The Kier molecular flexibility index (Phi) is 4.45. The Bertz CT molecular complexity index is 1210. The largest absolute Gasteiger partial charge is 0.508 e. The molecule has 3 aliphatic rings. The van der Waals surface area contributed by atoms with Crippen LogP contribution >= 0.6 is 0 Å². The van der Waals surface area contributed by atoms with E-state index in [0.717, 1.165) is 23.6 Å². The molecule has 6 heteroatoms. The van der Waals surface area contributed by atoms with Crippen molar-refractivity contribution in [1.82, 2.24) is 0 Å². The first-order valence-electron chi connectivity index (χ1n) is 10.5. The Morgan fingerprint density at radius 1 is 1.06 bits per heavy atom. The molecular formula is C26H28O6. The van der Waals surface area contributed by atoms with E-state index in [0.29, 0.717) is 23.1 Å². The van der Waals surface area contributed by atoms with Crippen molar-refractivity contribution in [2.24, 2.45) is 10.8 Å². The van der Waals surface area contributed by atoms with Crippen molar-refractivity contribution in [1.29, 1.82) is 0 Å². The third-order valence-corrected chi connectivity index (χ3v) is 7.52. The fourth-order valence-corrected chi connectivity index (χ4v) is 6.27. The summed E-state index contributed by atoms with van der Waals surface area (Å²) in [6, 6.07) is 3.33. The van der Waals surface area contributed by atoms with Crippen LogP contribution in [0.1, 0.15) is 57.2 Å². The molecule has 0 saturated heterocycles. The van der Waals surface area contributed by atoms with Gasteiger partial charge in [0.1, 0.15) is 22.8 Å². The van der Waals surface area contributed by atoms with Crippen LogP contribution in [0.25, 0.3) is 11.1 Å². The molecule has 0 aromatic heterocycles. The number of phenolic OH excluding ortho intramolecular Hbond substituents is 1. The Morgan fingerprint density at radius 3 is 2.25 bits per heavy atom. The summed E-state index contributed by atoms with van der Waals surface area (Å²) < 4.78 is 0. The van der Waals surface area contributed by atoms with Crippen molar-refractivity contribution in [3.63, 3.8) is 0 Å². The van der Waals surface area contributed by atoms with Crippen LogP contribution in [0.4, 0.5) is 0 Å². The first-order valence-corrected chi connectivity index (χ1v) is 10.5. The van der Waals surface area contributed by atoms with Crippen molar-refractivity contribution in [2.45, 2.75) is 52.6 Å². The van der Waals surface area contributed by atoms with Gasteiger partial charge in [-0.25, -0.2) is 0 Å². The van der Waals surface area contributed by atoms with Gasteiger partial charge in [0.15, 0.2) is 17.2 Å². The number of aliphatic hydroxyl groups excluding tert-OH is 2. The number of ketones is 2. The van der Waals surface area contributed by atoms with Crippen molar-refractivity contribution < 1.29 is 30.0 Å². The molecule has 1 aromatic carbocycles. The fraction of sp³-hybridized carbons (Fsp3) is 0.385. The fourth-order valence-electron chi connectivity index (χ4n) is 6.27. The minimum Gasteiger partial charge on any atom is -0.508 e. The van der Waals surface area contributed by atoms with Crippen LogP contribution in [0.15, 0.2) is 48.0 Å². The van der Waals surface area contributed by atoms with E-state index in [1.807, 2.05) is 13.8 Å². The normalized spacial score (nSPS) is 31.8. The zero-order valence-corrected chi connectivity index (χ0v) is 18.8. The second-order valence-electron chi connectivity index (χ2n) is 10.0. The highest BCUT2D eigenvalue weighted by Gasteiger charge is 2.66. The number of benzene rings is 1. The molecule has 0 aliphatic heterocycles. The van der Waals surface area contributed by atoms with Gasteiger partial charge < -0.3 is 20.4 Å². The number of aromatic hydroxyl groups is 1. The van der Waals surface area contributed by atoms with Gasteiger partial charge in [-0.2, -0.15) is 0 Å². The highest BCUT2D eigenvalue weighted by Crippen LogP contribution is 2.65. The average molecular weight is 437 g/mol. The number of allylic oxidation sites excluding steroid dienone is 4. The molecule has 0 saturated carbocycles. The molecule has 6 nitrogen and oxygen atoms in total. The molecule has 0 amide bonds. The first kappa shape index (κ1) is 22.1. The smallest absolute Gasteiger partial charge is 0.185 e. The molecule has 0 spiro atoms. The number of carbonyl (C=O) groups excluding carboxylic acids is 2. The quantitative estimate of drug-likeness (QED) is 0.513. The predicted octanol–water partition coefficient (Wildman–Crippen LogP) is 4.33. The Balaban J connectivity index is 2.07. The molecule has 3 aliphatic carbocycles. The van der Waals surface area contributed by atoms with Crippen molar-refractivity contribution in [2.75, 3.05) is 0 Å². The zero-order chi connectivity index (χ0) is 24.0. The monoisotopic (exact) mass is 436 g/mol. The van der Waals surface area contributed by atoms with E-state index in [4.69, 9.17) is 0 Å². The number of hydrogen-bond donors (Lipinski definition) is 4. The van der Waals surface area contributed by atoms with Gasteiger partial charge in [-0.3, -0.25) is 9.59 Å². The Hall–Kier alpha value is -3.12. The lowest BCUT2D eigenvalue weighted by atomic mass is 9.48. The number of aliphatic hydroxyl groups is 3. The van der Waals surface area contributed by atoms with Crippen molar-refractivity contribution in [3.8, 4) is 5.75 Å². The Morgan fingerprint density at radius 2 is 1.69 bits per heavy atom. The minimum absolute atomic E-state index is 0.0133. The number of fused-ring (bicyclic) bond motifs is 3. The molecule has 0 unspecified atom stereocenters. The molecule has 4 N–H and O–H groups in total. The summed E-state index contributed by atoms with van der Waals surface area (Å²) in [7, 11) is 0. The van der Waals surface area contributed by atoms with Crippen LogP contribution in [0.2, 0.25) is 0 Å². The van der Waals surface area contributed by atoms with Gasteiger partial charge in [0.2, 0.25) is 0 Å². The second-order valence-corrected chi connectivity index (χ2v) is 10.0. The third kappa shape index (κ3) is 2.50. The van der Waals surface area contributed by atoms with Gasteiger partial charge in [-0.05, 0) is 49.5 Å². The van der Waals surface area contributed by atoms with E-state index in [9.17, 15) is 30.0 Å². The molecule has 168 valence electrons. The van der Waals surface area contributed by atoms with Crippen LogP contribution < -0.4 is 0 Å². The van der Waals surface area contributed by atoms with Crippen LogP contribution in [-0.2, 0) is 16.0 Å². The minimum atomic E-state index is -2.32. The molecule has 0 radical (unpaired) electrons. The van der Waals surface area contributed by atoms with Crippen molar-refractivity contribution >= 4 is 22.7 Å². The van der Waals surface area contributed by atoms with E-state index in [1.54, 1.807) is 19.1 Å². The van der Waals surface area contributed by atoms with E-state index >= 15 is 0 Å². The van der Waals surface area contributed by atoms with Gasteiger partial charge in [-0.1, -0.05) is 38.6 Å². The predicted molar refractivity (Wildman–Crippen MR) is 121 cm³/mol. The van der Waals surface area contributed by atoms with Gasteiger partial charge >= 0.3 is 0 Å². The SMILES string of the molecule is C=C(C)c1ccc(O)c2c1C[C@]1(C)C[C@]3(C)CC(=O)C(C(C)=O)=C(O)[C@]3(O)C(O)=C1C2=C.